The monoisotopic (exact) mass is 317 g/mol. The van der Waals surface area contributed by atoms with Crippen molar-refractivity contribution in [2.45, 2.75) is 6.18 Å². The summed E-state index contributed by atoms with van der Waals surface area (Å²) >= 11 is 2.88. The lowest BCUT2D eigenvalue weighted by atomic mass is 10.2. The Bertz CT molecular complexity index is 498. The standard InChI is InChI=1S/C8H7BrF3NO2S/c1-16(14,15)13-7-3-5(8(10,11)12)2-6(9)4-7/h2-4,13H,1H3. The summed E-state index contributed by atoms with van der Waals surface area (Å²) in [5.41, 5.74) is -1.06. The highest BCUT2D eigenvalue weighted by Crippen LogP contribution is 2.33. The minimum Gasteiger partial charge on any atom is -0.284 e. The van der Waals surface area contributed by atoms with E-state index in [9.17, 15) is 21.6 Å². The van der Waals surface area contributed by atoms with Gasteiger partial charge in [-0.1, -0.05) is 15.9 Å². The van der Waals surface area contributed by atoms with Gasteiger partial charge in [-0.3, -0.25) is 4.72 Å². The molecule has 1 aromatic carbocycles. The van der Waals surface area contributed by atoms with E-state index in [1.165, 1.54) is 6.07 Å². The summed E-state index contributed by atoms with van der Waals surface area (Å²) in [6.45, 7) is 0. The molecule has 0 saturated carbocycles. The SMILES string of the molecule is CS(=O)(=O)Nc1cc(Br)cc(C(F)(F)F)c1. The van der Waals surface area contributed by atoms with Crippen LogP contribution in [0.2, 0.25) is 0 Å². The average molecular weight is 318 g/mol. The van der Waals surface area contributed by atoms with E-state index in [4.69, 9.17) is 0 Å². The van der Waals surface area contributed by atoms with E-state index < -0.39 is 21.8 Å². The van der Waals surface area contributed by atoms with Crippen LogP contribution in [0, 0.1) is 0 Å². The Labute approximate surface area is 98.8 Å². The second kappa shape index (κ2) is 4.25. The second-order valence-electron chi connectivity index (χ2n) is 3.10. The third kappa shape index (κ3) is 4.01. The summed E-state index contributed by atoms with van der Waals surface area (Å²) in [7, 11) is -3.59. The maximum atomic E-state index is 12.4. The second-order valence-corrected chi connectivity index (χ2v) is 5.76. The minimum atomic E-state index is -4.52. The number of halogens is 4. The summed E-state index contributed by atoms with van der Waals surface area (Å²) in [6.07, 6.45) is -3.65. The number of sulfonamides is 1. The van der Waals surface area contributed by atoms with Crippen molar-refractivity contribution in [1.29, 1.82) is 0 Å². The Morgan fingerprint density at radius 2 is 1.81 bits per heavy atom. The van der Waals surface area contributed by atoms with Crippen LogP contribution in [0.1, 0.15) is 5.56 Å². The summed E-state index contributed by atoms with van der Waals surface area (Å²) < 4.78 is 61.0. The molecular formula is C8H7BrF3NO2S. The molecule has 1 rings (SSSR count). The number of hydrogen-bond acceptors (Lipinski definition) is 2. The molecule has 0 bridgehead atoms. The Kier molecular flexibility index (Phi) is 3.53. The quantitative estimate of drug-likeness (QED) is 0.911. The molecule has 0 aromatic heterocycles. The van der Waals surface area contributed by atoms with Gasteiger partial charge >= 0.3 is 6.18 Å². The van der Waals surface area contributed by atoms with Gasteiger partial charge in [0.1, 0.15) is 0 Å². The molecule has 0 unspecified atom stereocenters. The average Bonchev–Trinajstić information content (AvgIpc) is 1.97. The maximum Gasteiger partial charge on any atom is 0.416 e. The van der Waals surface area contributed by atoms with E-state index in [1.54, 1.807) is 0 Å². The van der Waals surface area contributed by atoms with Gasteiger partial charge in [0.2, 0.25) is 10.0 Å². The van der Waals surface area contributed by atoms with Gasteiger partial charge in [0.05, 0.1) is 17.5 Å². The van der Waals surface area contributed by atoms with Gasteiger partial charge in [0.15, 0.2) is 0 Å². The zero-order valence-electron chi connectivity index (χ0n) is 7.97. The number of rotatable bonds is 2. The first-order chi connectivity index (χ1) is 7.08. The van der Waals surface area contributed by atoms with Crippen LogP contribution in [0.15, 0.2) is 22.7 Å². The van der Waals surface area contributed by atoms with Gasteiger partial charge in [0, 0.05) is 4.47 Å². The van der Waals surface area contributed by atoms with E-state index in [0.717, 1.165) is 18.4 Å². The van der Waals surface area contributed by atoms with Crippen LogP contribution in [0.4, 0.5) is 18.9 Å². The van der Waals surface area contributed by atoms with Crippen molar-refractivity contribution in [3.05, 3.63) is 28.2 Å². The molecule has 90 valence electrons. The van der Waals surface area contributed by atoms with Gasteiger partial charge in [-0.05, 0) is 18.2 Å². The zero-order valence-corrected chi connectivity index (χ0v) is 10.4. The number of hydrogen-bond donors (Lipinski definition) is 1. The summed E-state index contributed by atoms with van der Waals surface area (Å²) in [5.74, 6) is 0. The zero-order chi connectivity index (χ0) is 12.6. The molecule has 0 aliphatic heterocycles. The van der Waals surface area contributed by atoms with Crippen LogP contribution in [-0.4, -0.2) is 14.7 Å². The fourth-order valence-corrected chi connectivity index (χ4v) is 2.07. The van der Waals surface area contributed by atoms with Crippen LogP contribution >= 0.6 is 15.9 Å². The predicted molar refractivity (Wildman–Crippen MR) is 57.6 cm³/mol. The molecule has 0 saturated heterocycles. The van der Waals surface area contributed by atoms with E-state index in [1.807, 2.05) is 4.72 Å². The van der Waals surface area contributed by atoms with Crippen LogP contribution in [-0.2, 0) is 16.2 Å². The van der Waals surface area contributed by atoms with Gasteiger partial charge in [0.25, 0.3) is 0 Å². The van der Waals surface area contributed by atoms with Crippen molar-refractivity contribution in [2.75, 3.05) is 11.0 Å². The van der Waals surface area contributed by atoms with Crippen molar-refractivity contribution in [3.63, 3.8) is 0 Å². The third-order valence-electron chi connectivity index (χ3n) is 1.53. The van der Waals surface area contributed by atoms with Crippen LogP contribution < -0.4 is 4.72 Å². The topological polar surface area (TPSA) is 46.2 Å². The Morgan fingerprint density at radius 1 is 1.25 bits per heavy atom. The molecule has 1 N–H and O–H groups in total. The largest absolute Gasteiger partial charge is 0.416 e. The molecule has 0 spiro atoms. The third-order valence-corrected chi connectivity index (χ3v) is 2.59. The summed E-state index contributed by atoms with van der Waals surface area (Å²) in [6, 6.07) is 2.84. The molecule has 0 atom stereocenters. The number of anilines is 1. The summed E-state index contributed by atoms with van der Waals surface area (Å²) in [5, 5.41) is 0. The van der Waals surface area contributed by atoms with Crippen LogP contribution in [0.3, 0.4) is 0 Å². The maximum absolute atomic E-state index is 12.4. The fraction of sp³-hybridized carbons (Fsp3) is 0.250. The van der Waals surface area contributed by atoms with E-state index in [-0.39, 0.29) is 10.2 Å². The number of alkyl halides is 3. The molecule has 0 heterocycles. The normalized spacial score (nSPS) is 12.6. The van der Waals surface area contributed by atoms with E-state index in [2.05, 4.69) is 15.9 Å². The molecular weight excluding hydrogens is 311 g/mol. The summed E-state index contributed by atoms with van der Waals surface area (Å²) in [4.78, 5) is 0. The van der Waals surface area contributed by atoms with E-state index >= 15 is 0 Å². The lowest BCUT2D eigenvalue weighted by molar-refractivity contribution is -0.137. The fourth-order valence-electron chi connectivity index (χ4n) is 1.03. The molecule has 0 aliphatic rings. The molecule has 8 heteroatoms. The first-order valence-corrected chi connectivity index (χ1v) is 6.62. The van der Waals surface area contributed by atoms with Gasteiger partial charge < -0.3 is 0 Å². The molecule has 3 nitrogen and oxygen atoms in total. The van der Waals surface area contributed by atoms with Crippen LogP contribution in [0.25, 0.3) is 0 Å². The molecule has 16 heavy (non-hydrogen) atoms. The van der Waals surface area contributed by atoms with E-state index in [0.29, 0.717) is 0 Å². The van der Waals surface area contributed by atoms with Crippen molar-refractivity contribution in [2.24, 2.45) is 0 Å². The van der Waals surface area contributed by atoms with Crippen LogP contribution in [0.5, 0.6) is 0 Å². The Morgan fingerprint density at radius 3 is 2.25 bits per heavy atom. The highest BCUT2D eigenvalue weighted by molar-refractivity contribution is 9.10. The first-order valence-electron chi connectivity index (χ1n) is 3.93. The van der Waals surface area contributed by atoms with Crippen molar-refractivity contribution in [1.82, 2.24) is 0 Å². The number of nitrogens with one attached hydrogen (secondary N) is 1. The van der Waals surface area contributed by atoms with Crippen molar-refractivity contribution >= 4 is 31.6 Å². The molecule has 0 radical (unpaired) electrons. The van der Waals surface area contributed by atoms with Crippen molar-refractivity contribution < 1.29 is 21.6 Å². The molecule has 0 fully saturated rings. The highest BCUT2D eigenvalue weighted by atomic mass is 79.9. The van der Waals surface area contributed by atoms with Crippen molar-refractivity contribution in [3.8, 4) is 0 Å². The highest BCUT2D eigenvalue weighted by Gasteiger charge is 2.31. The number of benzene rings is 1. The predicted octanol–water partition coefficient (Wildman–Crippen LogP) is 2.84. The lowest BCUT2D eigenvalue weighted by Crippen LogP contribution is -2.11. The molecule has 0 aliphatic carbocycles. The Hall–Kier alpha value is -0.760. The smallest absolute Gasteiger partial charge is 0.284 e. The lowest BCUT2D eigenvalue weighted by Gasteiger charge is -2.10. The molecule has 0 amide bonds. The first kappa shape index (κ1) is 13.3. The van der Waals surface area contributed by atoms with Gasteiger partial charge in [-0.2, -0.15) is 13.2 Å². The molecule has 1 aromatic rings. The van der Waals surface area contributed by atoms with Gasteiger partial charge in [-0.15, -0.1) is 0 Å². The van der Waals surface area contributed by atoms with Gasteiger partial charge in [-0.25, -0.2) is 8.42 Å². The Balaban J connectivity index is 3.19. The minimum absolute atomic E-state index is 0.135.